The molecule has 2 bridgehead atoms. The molecule has 4 aliphatic heterocycles. The molecule has 4 aliphatic rings. The molecule has 7 rings (SSSR count). The van der Waals surface area contributed by atoms with Crippen LogP contribution in [0.1, 0.15) is 24.0 Å². The molecular weight excluding hydrogens is 530 g/mol. The number of fused-ring (bicyclic) bond motifs is 5. The average Bonchev–Trinajstić information content (AvgIpc) is 3.37. The molecule has 1 aromatic heterocycles. The minimum atomic E-state index is -1.98. The summed E-state index contributed by atoms with van der Waals surface area (Å²) in [4.78, 5) is 26.4. The first-order valence-electron chi connectivity index (χ1n) is 11.8. The van der Waals surface area contributed by atoms with Gasteiger partial charge in [0.25, 0.3) is 5.91 Å². The van der Waals surface area contributed by atoms with Crippen molar-refractivity contribution in [2.45, 2.75) is 24.5 Å². The van der Waals surface area contributed by atoms with Crippen molar-refractivity contribution in [3.8, 4) is 11.5 Å². The Morgan fingerprint density at radius 1 is 1.06 bits per heavy atom. The van der Waals surface area contributed by atoms with E-state index in [1.54, 1.807) is 54.6 Å². The van der Waals surface area contributed by atoms with Crippen LogP contribution in [0, 0.1) is 5.92 Å². The van der Waals surface area contributed by atoms with E-state index in [-0.39, 0.29) is 35.4 Å². The molecule has 10 heteroatoms. The topological polar surface area (TPSA) is 111 Å². The predicted molar refractivity (Wildman–Crippen MR) is 123 cm³/mol. The van der Waals surface area contributed by atoms with Crippen molar-refractivity contribution in [1.29, 1.82) is 0 Å². The molecule has 0 unspecified atom stereocenters. The maximum atomic E-state index is 13.7. The Kier molecular flexibility index (Phi) is 6.36. The Hall–Kier alpha value is -3.21. The zero-order chi connectivity index (χ0) is 24.0. The number of anilines is 1. The van der Waals surface area contributed by atoms with Crippen LogP contribution >= 0.6 is 0 Å². The van der Waals surface area contributed by atoms with Gasteiger partial charge in [-0.25, -0.2) is 4.79 Å². The Morgan fingerprint density at radius 2 is 1.69 bits per heavy atom. The highest BCUT2D eigenvalue weighted by atomic mass is 79.9. The third-order valence-corrected chi connectivity index (χ3v) is 7.55. The number of quaternary nitrogens is 1. The molecule has 2 N–H and O–H groups in total. The fourth-order valence-corrected chi connectivity index (χ4v) is 5.76. The first kappa shape index (κ1) is 24.5. The molecule has 0 radical (unpaired) electrons. The molecule has 0 aliphatic carbocycles. The highest BCUT2D eigenvalue weighted by molar-refractivity contribution is 5.90. The van der Waals surface area contributed by atoms with Gasteiger partial charge >= 0.3 is 5.97 Å². The van der Waals surface area contributed by atoms with Gasteiger partial charge < -0.3 is 45.9 Å². The number of aromatic nitrogens is 1. The number of halogens is 1. The SMILES string of the molecule is O=C(C[N+]12CCC(CC1)[C@@H](OC(=O)C1(O)c3ccccc3Oc3ccccc31)C2)Nc1ccon1.[Br-]. The summed E-state index contributed by atoms with van der Waals surface area (Å²) in [5, 5.41) is 18.4. The van der Waals surface area contributed by atoms with E-state index in [0.717, 1.165) is 25.9 Å². The van der Waals surface area contributed by atoms with Gasteiger partial charge in [0.15, 0.2) is 18.5 Å². The largest absolute Gasteiger partial charge is 1.00 e. The van der Waals surface area contributed by atoms with Crippen molar-refractivity contribution in [2.75, 3.05) is 31.5 Å². The molecule has 3 fully saturated rings. The number of hydrogen-bond acceptors (Lipinski definition) is 7. The third-order valence-electron chi connectivity index (χ3n) is 7.55. The lowest BCUT2D eigenvalue weighted by Crippen LogP contribution is -3.00. The number of esters is 1. The van der Waals surface area contributed by atoms with Gasteiger partial charge in [0.2, 0.25) is 5.60 Å². The summed E-state index contributed by atoms with van der Waals surface area (Å²) in [7, 11) is 0. The number of nitrogens with one attached hydrogen (secondary N) is 1. The van der Waals surface area contributed by atoms with Gasteiger partial charge in [0.1, 0.15) is 24.3 Å². The zero-order valence-corrected chi connectivity index (χ0v) is 21.0. The maximum Gasteiger partial charge on any atom is 0.348 e. The molecule has 36 heavy (non-hydrogen) atoms. The van der Waals surface area contributed by atoms with Crippen molar-refractivity contribution < 1.29 is 50.2 Å². The highest BCUT2D eigenvalue weighted by Crippen LogP contribution is 2.48. The second-order valence-corrected chi connectivity index (χ2v) is 9.65. The fourth-order valence-electron chi connectivity index (χ4n) is 5.76. The molecule has 3 saturated heterocycles. The normalized spacial score (nSPS) is 24.9. The van der Waals surface area contributed by atoms with Crippen LogP contribution in [0.4, 0.5) is 5.82 Å². The van der Waals surface area contributed by atoms with E-state index in [9.17, 15) is 14.7 Å². The molecule has 1 amide bonds. The first-order chi connectivity index (χ1) is 17.0. The van der Waals surface area contributed by atoms with Gasteiger partial charge in [0, 0.05) is 36.0 Å². The summed E-state index contributed by atoms with van der Waals surface area (Å²) < 4.78 is 17.3. The molecule has 0 saturated carbocycles. The van der Waals surface area contributed by atoms with Crippen LogP contribution < -0.4 is 27.0 Å². The summed E-state index contributed by atoms with van der Waals surface area (Å²) in [6, 6.07) is 15.5. The smallest absolute Gasteiger partial charge is 0.348 e. The number of benzene rings is 2. The zero-order valence-electron chi connectivity index (χ0n) is 19.4. The molecule has 5 heterocycles. The van der Waals surface area contributed by atoms with Crippen LogP contribution in [0.15, 0.2) is 65.4 Å². The number of para-hydroxylation sites is 2. The standard InChI is InChI=1S/C26H25N3O6.BrH/c30-24(27-23-11-14-33-28-23)16-29-12-9-17(10-13-29)22(15-29)35-25(31)26(32)18-5-1-3-7-20(18)34-21-8-4-2-6-19(21)26;/h1-8,11,14,17,22,32H,9-10,12-13,15-16H2;1H/t17?,22-,29?;/m0./s1. The van der Waals surface area contributed by atoms with Crippen LogP contribution in [0.5, 0.6) is 11.5 Å². The van der Waals surface area contributed by atoms with Crippen molar-refractivity contribution >= 4 is 17.7 Å². The van der Waals surface area contributed by atoms with E-state index < -0.39 is 17.7 Å². The number of amides is 1. The lowest BCUT2D eigenvalue weighted by Gasteiger charge is -2.51. The summed E-state index contributed by atoms with van der Waals surface area (Å²) in [6.07, 6.45) is 2.71. The molecule has 2 aromatic carbocycles. The molecular formula is C26H26BrN3O6. The van der Waals surface area contributed by atoms with Gasteiger partial charge in [-0.15, -0.1) is 0 Å². The monoisotopic (exact) mass is 555 g/mol. The summed E-state index contributed by atoms with van der Waals surface area (Å²) in [6.45, 7) is 2.47. The minimum absolute atomic E-state index is 0. The maximum absolute atomic E-state index is 13.7. The van der Waals surface area contributed by atoms with E-state index in [1.165, 1.54) is 6.26 Å². The number of piperidine rings is 3. The number of rotatable bonds is 5. The molecule has 3 aromatic rings. The van der Waals surface area contributed by atoms with Crippen LogP contribution in [-0.2, 0) is 19.9 Å². The lowest BCUT2D eigenvalue weighted by molar-refractivity contribution is -0.939. The summed E-state index contributed by atoms with van der Waals surface area (Å²) in [5.41, 5.74) is -1.26. The fraction of sp³-hybridized carbons (Fsp3) is 0.346. The number of aliphatic hydroxyl groups is 1. The second kappa shape index (κ2) is 9.34. The second-order valence-electron chi connectivity index (χ2n) is 9.65. The minimum Gasteiger partial charge on any atom is -1.00 e. The number of hydrogen-bond donors (Lipinski definition) is 2. The van der Waals surface area contributed by atoms with Gasteiger partial charge in [-0.3, -0.25) is 4.79 Å². The molecule has 9 nitrogen and oxygen atoms in total. The molecule has 0 spiro atoms. The van der Waals surface area contributed by atoms with Crippen molar-refractivity contribution in [3.63, 3.8) is 0 Å². The van der Waals surface area contributed by atoms with Crippen molar-refractivity contribution in [2.24, 2.45) is 5.92 Å². The van der Waals surface area contributed by atoms with E-state index >= 15 is 0 Å². The average molecular weight is 556 g/mol. The number of carbonyl (C=O) groups excluding carboxylic acids is 2. The highest BCUT2D eigenvalue weighted by Gasteiger charge is 2.53. The van der Waals surface area contributed by atoms with E-state index in [1.807, 2.05) is 0 Å². The van der Waals surface area contributed by atoms with Gasteiger partial charge in [-0.1, -0.05) is 41.6 Å². The first-order valence-corrected chi connectivity index (χ1v) is 11.8. The number of carbonyl (C=O) groups is 2. The van der Waals surface area contributed by atoms with E-state index in [4.69, 9.17) is 14.0 Å². The van der Waals surface area contributed by atoms with Gasteiger partial charge in [0.05, 0.1) is 13.1 Å². The Balaban J connectivity index is 0.00000267. The number of nitrogens with zero attached hydrogens (tertiary/aromatic N) is 2. The van der Waals surface area contributed by atoms with Gasteiger partial charge in [-0.05, 0) is 12.1 Å². The van der Waals surface area contributed by atoms with E-state index in [0.29, 0.717) is 39.5 Å². The van der Waals surface area contributed by atoms with Crippen molar-refractivity contribution in [3.05, 3.63) is 72.0 Å². The Morgan fingerprint density at radius 3 is 2.31 bits per heavy atom. The quantitative estimate of drug-likeness (QED) is 0.331. The van der Waals surface area contributed by atoms with Gasteiger partial charge in [-0.2, -0.15) is 0 Å². The van der Waals surface area contributed by atoms with Crippen LogP contribution in [-0.4, -0.2) is 58.9 Å². The summed E-state index contributed by atoms with van der Waals surface area (Å²) >= 11 is 0. The molecule has 1 atom stereocenters. The van der Waals surface area contributed by atoms with Crippen LogP contribution in [0.2, 0.25) is 0 Å². The predicted octanol–water partition coefficient (Wildman–Crippen LogP) is -0.189. The molecule has 188 valence electrons. The third kappa shape index (κ3) is 4.08. The van der Waals surface area contributed by atoms with Crippen LogP contribution in [0.3, 0.4) is 0 Å². The Bertz CT molecular complexity index is 1230. The summed E-state index contributed by atoms with van der Waals surface area (Å²) in [5.74, 6) is 0.550. The Labute approximate surface area is 218 Å². The van der Waals surface area contributed by atoms with E-state index in [2.05, 4.69) is 10.5 Å². The number of ether oxygens (including phenoxy) is 2. The van der Waals surface area contributed by atoms with Crippen molar-refractivity contribution in [1.82, 2.24) is 5.16 Å². The lowest BCUT2D eigenvalue weighted by atomic mass is 9.81. The van der Waals surface area contributed by atoms with Crippen LogP contribution in [0.25, 0.3) is 0 Å².